The molecule has 0 aliphatic carbocycles. The number of hydrogen-bond acceptors (Lipinski definition) is 6. The van der Waals surface area contributed by atoms with Gasteiger partial charge in [0.15, 0.2) is 11.5 Å². The van der Waals surface area contributed by atoms with Gasteiger partial charge in [0.2, 0.25) is 0 Å². The number of aromatic hydroxyl groups is 1. The van der Waals surface area contributed by atoms with E-state index in [2.05, 4.69) is 27.0 Å². The Balaban J connectivity index is 1.91. The molecule has 0 saturated carbocycles. The first-order valence-electron chi connectivity index (χ1n) is 8.90. The summed E-state index contributed by atoms with van der Waals surface area (Å²) in [5.74, 6) is 0.206. The quantitative estimate of drug-likeness (QED) is 0.647. The van der Waals surface area contributed by atoms with E-state index in [1.54, 1.807) is 0 Å². The Morgan fingerprint density at radius 2 is 1.93 bits per heavy atom. The molecule has 0 unspecified atom stereocenters. The number of benzene rings is 1. The second-order valence-corrected chi connectivity index (χ2v) is 7.10. The third-order valence-corrected chi connectivity index (χ3v) is 4.92. The predicted octanol–water partition coefficient (Wildman–Crippen LogP) is 5.21. The summed E-state index contributed by atoms with van der Waals surface area (Å²) < 4.78 is 5.69. The molecule has 0 radical (unpaired) electrons. The van der Waals surface area contributed by atoms with Crippen LogP contribution in [-0.2, 0) is 0 Å². The zero-order chi connectivity index (χ0) is 21.1. The zero-order valence-corrected chi connectivity index (χ0v) is 17.3. The van der Waals surface area contributed by atoms with Gasteiger partial charge in [-0.05, 0) is 25.0 Å². The van der Waals surface area contributed by atoms with Gasteiger partial charge in [-0.3, -0.25) is 0 Å². The van der Waals surface area contributed by atoms with Gasteiger partial charge in [-0.2, -0.15) is 20.1 Å². The number of nitrogens with zero attached hydrogens (tertiary/aromatic N) is 4. The van der Waals surface area contributed by atoms with Gasteiger partial charge >= 0.3 is 12.0 Å². The minimum Gasteiger partial charge on any atom is -0.504 e. The van der Waals surface area contributed by atoms with Crippen LogP contribution in [0, 0.1) is 0 Å². The second-order valence-electron chi connectivity index (χ2n) is 6.29. The van der Waals surface area contributed by atoms with E-state index in [1.165, 1.54) is 24.5 Å². The maximum Gasteiger partial charge on any atom is 0.347 e. The van der Waals surface area contributed by atoms with Crippen LogP contribution >= 0.6 is 23.2 Å². The number of hydrazone groups is 1. The highest BCUT2D eigenvalue weighted by molar-refractivity contribution is 6.37. The van der Waals surface area contributed by atoms with Crippen molar-refractivity contribution in [1.82, 2.24) is 15.3 Å². The highest BCUT2D eigenvalue weighted by Gasteiger charge is 2.23. The first-order valence-corrected chi connectivity index (χ1v) is 9.66. The van der Waals surface area contributed by atoms with Crippen molar-refractivity contribution in [3.05, 3.63) is 46.3 Å². The number of hydrogen-bond donors (Lipinski definition) is 2. The number of amides is 2. The largest absolute Gasteiger partial charge is 0.504 e. The highest BCUT2D eigenvalue weighted by atomic mass is 35.5. The lowest BCUT2D eigenvalue weighted by Crippen LogP contribution is -2.40. The lowest BCUT2D eigenvalue weighted by molar-refractivity contribution is 0.248. The summed E-state index contributed by atoms with van der Waals surface area (Å²) in [7, 11) is 0. The van der Waals surface area contributed by atoms with E-state index in [1.807, 2.05) is 13.8 Å². The molecule has 0 atom stereocenters. The topological polar surface area (TPSA) is 99.9 Å². The molecule has 10 heteroatoms. The van der Waals surface area contributed by atoms with Crippen molar-refractivity contribution in [2.75, 3.05) is 5.01 Å². The van der Waals surface area contributed by atoms with E-state index in [0.29, 0.717) is 17.1 Å². The summed E-state index contributed by atoms with van der Waals surface area (Å²) in [6.45, 7) is 7.64. The molecule has 3 rings (SSSR count). The lowest BCUT2D eigenvalue weighted by atomic mass is 9.99. The van der Waals surface area contributed by atoms with Gasteiger partial charge in [0.05, 0.1) is 39.5 Å². The molecular weight excluding hydrogens is 417 g/mol. The maximum absolute atomic E-state index is 12.1. The van der Waals surface area contributed by atoms with E-state index in [4.69, 9.17) is 27.9 Å². The molecule has 0 fully saturated rings. The van der Waals surface area contributed by atoms with Crippen LogP contribution in [0.5, 0.6) is 17.5 Å². The lowest BCUT2D eigenvalue weighted by Gasteiger charge is -2.22. The number of halogens is 2. The molecule has 1 aliphatic rings. The molecule has 0 spiro atoms. The number of urea groups is 1. The third kappa shape index (κ3) is 4.44. The number of allylic oxidation sites excluding steroid dienone is 1. The Morgan fingerprint density at radius 1 is 1.28 bits per heavy atom. The number of aromatic nitrogens is 2. The molecule has 0 bridgehead atoms. The summed E-state index contributed by atoms with van der Waals surface area (Å²) in [5.41, 5.74) is 1.22. The van der Waals surface area contributed by atoms with Gasteiger partial charge < -0.3 is 15.2 Å². The van der Waals surface area contributed by atoms with Crippen LogP contribution in [0.4, 0.5) is 10.5 Å². The molecule has 2 amide bonds. The number of rotatable bonds is 6. The zero-order valence-electron chi connectivity index (χ0n) is 15.8. The van der Waals surface area contributed by atoms with Gasteiger partial charge in [0.25, 0.3) is 0 Å². The van der Waals surface area contributed by atoms with Crippen molar-refractivity contribution in [3.8, 4) is 17.5 Å². The van der Waals surface area contributed by atoms with Gasteiger partial charge in [0.1, 0.15) is 0 Å². The summed E-state index contributed by atoms with van der Waals surface area (Å²) in [5, 5.41) is 18.0. The number of carbonyl (C=O) groups excluding carboxylic acids is 1. The summed E-state index contributed by atoms with van der Waals surface area (Å²) in [6.07, 6.45) is 4.30. The van der Waals surface area contributed by atoms with Crippen molar-refractivity contribution < 1.29 is 14.6 Å². The van der Waals surface area contributed by atoms with Crippen LogP contribution in [0.15, 0.2) is 35.7 Å². The van der Waals surface area contributed by atoms with Crippen LogP contribution in [-0.4, -0.2) is 27.3 Å². The van der Waals surface area contributed by atoms with Crippen LogP contribution in [0.3, 0.4) is 0 Å². The fraction of sp³-hybridized carbons (Fsp3) is 0.263. The monoisotopic (exact) mass is 435 g/mol. The molecule has 29 heavy (non-hydrogen) atoms. The summed E-state index contributed by atoms with van der Waals surface area (Å²) in [6, 6.07) is 2.48. The standard InChI is InChI=1S/C19H19Cl2N5O3/c1-4-11(5-2)16-15(27)9-22-18(25-16)29-17-13(20)6-12(7-14(17)21)26-19(28)24-10(3)8-23-26/h6-9,11,27H,3-5H2,1-2H3,(H,24,28). The minimum absolute atomic E-state index is 0.00582. The van der Waals surface area contributed by atoms with Crippen molar-refractivity contribution in [3.63, 3.8) is 0 Å². The van der Waals surface area contributed by atoms with Crippen molar-refractivity contribution >= 4 is 41.1 Å². The van der Waals surface area contributed by atoms with Crippen LogP contribution in [0.1, 0.15) is 38.3 Å². The average molecular weight is 436 g/mol. The smallest absolute Gasteiger partial charge is 0.347 e. The van der Waals surface area contributed by atoms with Gasteiger partial charge in [-0.15, -0.1) is 0 Å². The van der Waals surface area contributed by atoms with E-state index in [-0.39, 0.29) is 33.5 Å². The first kappa shape index (κ1) is 20.9. The number of anilines is 1. The highest BCUT2D eigenvalue weighted by Crippen LogP contribution is 2.40. The fourth-order valence-electron chi connectivity index (χ4n) is 2.84. The molecule has 8 nitrogen and oxygen atoms in total. The van der Waals surface area contributed by atoms with Crippen molar-refractivity contribution in [2.24, 2.45) is 5.10 Å². The maximum atomic E-state index is 12.1. The van der Waals surface area contributed by atoms with Crippen LogP contribution in [0.25, 0.3) is 0 Å². The Bertz CT molecular complexity index is 969. The molecule has 1 aromatic heterocycles. The molecule has 2 aromatic rings. The summed E-state index contributed by atoms with van der Waals surface area (Å²) in [4.78, 5) is 20.4. The van der Waals surface area contributed by atoms with Crippen LogP contribution < -0.4 is 15.1 Å². The molecule has 2 N–H and O–H groups in total. The van der Waals surface area contributed by atoms with Gasteiger partial charge in [-0.1, -0.05) is 43.6 Å². The number of carbonyl (C=O) groups is 1. The second kappa shape index (κ2) is 8.67. The van der Waals surface area contributed by atoms with Gasteiger partial charge in [0, 0.05) is 5.92 Å². The van der Waals surface area contributed by atoms with E-state index >= 15 is 0 Å². The predicted molar refractivity (Wildman–Crippen MR) is 112 cm³/mol. The van der Waals surface area contributed by atoms with E-state index in [9.17, 15) is 9.90 Å². The number of nitrogens with one attached hydrogen (secondary N) is 1. The minimum atomic E-state index is -0.491. The Kier molecular flexibility index (Phi) is 6.24. The van der Waals surface area contributed by atoms with Gasteiger partial charge in [-0.25, -0.2) is 4.79 Å². The van der Waals surface area contributed by atoms with Crippen molar-refractivity contribution in [2.45, 2.75) is 32.6 Å². The van der Waals surface area contributed by atoms with Crippen LogP contribution in [0.2, 0.25) is 10.0 Å². The molecular formula is C19H19Cl2N5O3. The Morgan fingerprint density at radius 3 is 2.52 bits per heavy atom. The molecule has 152 valence electrons. The number of ether oxygens (including phenoxy) is 1. The Labute approximate surface area is 177 Å². The van der Waals surface area contributed by atoms with E-state index in [0.717, 1.165) is 17.9 Å². The first-order chi connectivity index (χ1) is 13.8. The van der Waals surface area contributed by atoms with E-state index < -0.39 is 6.03 Å². The third-order valence-electron chi connectivity index (χ3n) is 4.36. The Hall–Kier alpha value is -2.84. The fourth-order valence-corrected chi connectivity index (χ4v) is 3.39. The SMILES string of the molecule is C=C1C=NN(c2cc(Cl)c(Oc3ncc(O)c(C(CC)CC)n3)c(Cl)c2)C(=O)N1. The van der Waals surface area contributed by atoms with Crippen molar-refractivity contribution in [1.29, 1.82) is 0 Å². The average Bonchev–Trinajstić information content (AvgIpc) is 2.67. The summed E-state index contributed by atoms with van der Waals surface area (Å²) >= 11 is 12.7. The molecule has 1 aromatic carbocycles. The normalized spacial score (nSPS) is 13.8. The molecule has 2 heterocycles. The molecule has 0 saturated heterocycles. The molecule has 1 aliphatic heterocycles.